The molecule has 0 bridgehead atoms. The molecule has 2 aromatic rings. The van der Waals surface area contributed by atoms with Gasteiger partial charge in [-0.2, -0.15) is 0 Å². The van der Waals surface area contributed by atoms with Crippen LogP contribution in [0.1, 0.15) is 24.2 Å². The SMILES string of the molecule is Cc1cc(Cl)c2[nH]cc(C(O)[C@H](C)N)c2c1. The van der Waals surface area contributed by atoms with Gasteiger partial charge in [-0.25, -0.2) is 0 Å². The van der Waals surface area contributed by atoms with Crippen molar-refractivity contribution in [3.63, 3.8) is 0 Å². The number of aliphatic hydroxyl groups excluding tert-OH is 1. The van der Waals surface area contributed by atoms with Gasteiger partial charge in [0.1, 0.15) is 0 Å². The molecule has 0 amide bonds. The molecule has 0 aliphatic heterocycles. The Morgan fingerprint density at radius 1 is 1.44 bits per heavy atom. The fourth-order valence-electron chi connectivity index (χ4n) is 1.87. The number of aliphatic hydroxyl groups is 1. The average Bonchev–Trinajstić information content (AvgIpc) is 2.60. The maximum Gasteiger partial charge on any atom is 0.0958 e. The molecule has 2 atom stereocenters. The number of H-pyrrole nitrogens is 1. The maximum absolute atomic E-state index is 9.98. The number of fused-ring (bicyclic) bond motifs is 1. The highest BCUT2D eigenvalue weighted by Gasteiger charge is 2.17. The lowest BCUT2D eigenvalue weighted by Gasteiger charge is -2.13. The van der Waals surface area contributed by atoms with Crippen molar-refractivity contribution in [2.75, 3.05) is 0 Å². The summed E-state index contributed by atoms with van der Waals surface area (Å²) >= 11 is 6.12. The molecule has 0 radical (unpaired) electrons. The molecule has 0 aliphatic rings. The highest BCUT2D eigenvalue weighted by molar-refractivity contribution is 6.35. The van der Waals surface area contributed by atoms with Crippen LogP contribution in [0.15, 0.2) is 18.3 Å². The van der Waals surface area contributed by atoms with Crippen LogP contribution in [0, 0.1) is 6.92 Å². The molecule has 0 aliphatic carbocycles. The van der Waals surface area contributed by atoms with E-state index in [-0.39, 0.29) is 6.04 Å². The van der Waals surface area contributed by atoms with Gasteiger partial charge in [0.25, 0.3) is 0 Å². The van der Waals surface area contributed by atoms with Gasteiger partial charge in [-0.1, -0.05) is 11.6 Å². The van der Waals surface area contributed by atoms with Gasteiger partial charge in [-0.15, -0.1) is 0 Å². The van der Waals surface area contributed by atoms with Crippen molar-refractivity contribution < 1.29 is 5.11 Å². The van der Waals surface area contributed by atoms with E-state index in [0.717, 1.165) is 22.0 Å². The van der Waals surface area contributed by atoms with E-state index in [2.05, 4.69) is 4.98 Å². The second-order valence-corrected chi connectivity index (χ2v) is 4.62. The van der Waals surface area contributed by atoms with Crippen molar-refractivity contribution >= 4 is 22.5 Å². The quantitative estimate of drug-likeness (QED) is 0.753. The molecule has 1 heterocycles. The summed E-state index contributed by atoms with van der Waals surface area (Å²) in [6.45, 7) is 3.75. The van der Waals surface area contributed by atoms with Crippen LogP contribution in [-0.4, -0.2) is 16.1 Å². The number of nitrogens with two attached hydrogens (primary N) is 1. The zero-order valence-corrected chi connectivity index (χ0v) is 10.0. The lowest BCUT2D eigenvalue weighted by Crippen LogP contribution is -2.24. The van der Waals surface area contributed by atoms with Crippen LogP contribution in [0.4, 0.5) is 0 Å². The van der Waals surface area contributed by atoms with E-state index in [1.54, 1.807) is 13.1 Å². The summed E-state index contributed by atoms with van der Waals surface area (Å²) in [4.78, 5) is 3.07. The third-order valence-electron chi connectivity index (χ3n) is 2.73. The number of aromatic nitrogens is 1. The summed E-state index contributed by atoms with van der Waals surface area (Å²) in [7, 11) is 0. The van der Waals surface area contributed by atoms with E-state index in [4.69, 9.17) is 17.3 Å². The molecule has 1 aromatic carbocycles. The first-order valence-electron chi connectivity index (χ1n) is 5.21. The fourth-order valence-corrected chi connectivity index (χ4v) is 2.20. The predicted octanol–water partition coefficient (Wildman–Crippen LogP) is 2.51. The second-order valence-electron chi connectivity index (χ2n) is 4.22. The Balaban J connectivity index is 2.64. The Kier molecular flexibility index (Phi) is 2.93. The average molecular weight is 239 g/mol. The summed E-state index contributed by atoms with van der Waals surface area (Å²) in [5, 5.41) is 11.6. The van der Waals surface area contributed by atoms with Gasteiger partial charge in [-0.3, -0.25) is 0 Å². The monoisotopic (exact) mass is 238 g/mol. The Morgan fingerprint density at radius 2 is 2.12 bits per heavy atom. The van der Waals surface area contributed by atoms with Crippen LogP contribution in [0.5, 0.6) is 0 Å². The molecule has 0 spiro atoms. The standard InChI is InChI=1S/C12H15ClN2O/c1-6-3-8-9(12(16)7(2)14)5-15-11(8)10(13)4-6/h3-5,7,12,15-16H,14H2,1-2H3/t7-,12?/m0/s1. The lowest BCUT2D eigenvalue weighted by molar-refractivity contribution is 0.155. The Bertz CT molecular complexity index is 519. The van der Waals surface area contributed by atoms with Gasteiger partial charge in [0.2, 0.25) is 0 Å². The van der Waals surface area contributed by atoms with E-state index in [1.807, 2.05) is 19.1 Å². The largest absolute Gasteiger partial charge is 0.387 e. The normalized spacial score (nSPS) is 15.3. The summed E-state index contributed by atoms with van der Waals surface area (Å²) < 4.78 is 0. The molecule has 16 heavy (non-hydrogen) atoms. The van der Waals surface area contributed by atoms with E-state index >= 15 is 0 Å². The first-order chi connectivity index (χ1) is 7.50. The Hall–Kier alpha value is -1.03. The number of benzene rings is 1. The molecular formula is C12H15ClN2O. The molecule has 4 N–H and O–H groups in total. The summed E-state index contributed by atoms with van der Waals surface area (Å²) in [6.07, 6.45) is 1.09. The molecule has 3 nitrogen and oxygen atoms in total. The Morgan fingerprint density at radius 3 is 2.75 bits per heavy atom. The first kappa shape index (κ1) is 11.5. The zero-order chi connectivity index (χ0) is 11.9. The molecule has 4 heteroatoms. The molecule has 0 fully saturated rings. The van der Waals surface area contributed by atoms with Crippen LogP contribution >= 0.6 is 11.6 Å². The highest BCUT2D eigenvalue weighted by Crippen LogP contribution is 2.31. The van der Waals surface area contributed by atoms with Crippen molar-refractivity contribution in [3.05, 3.63) is 34.5 Å². The van der Waals surface area contributed by atoms with Crippen molar-refractivity contribution in [2.24, 2.45) is 5.73 Å². The van der Waals surface area contributed by atoms with Gasteiger partial charge in [-0.05, 0) is 31.5 Å². The molecule has 1 unspecified atom stereocenters. The van der Waals surface area contributed by atoms with Crippen LogP contribution in [0.25, 0.3) is 10.9 Å². The minimum Gasteiger partial charge on any atom is -0.387 e. The number of aromatic amines is 1. The van der Waals surface area contributed by atoms with Gasteiger partial charge in [0, 0.05) is 23.2 Å². The van der Waals surface area contributed by atoms with Gasteiger partial charge in [0.15, 0.2) is 0 Å². The van der Waals surface area contributed by atoms with Crippen molar-refractivity contribution in [1.29, 1.82) is 0 Å². The lowest BCUT2D eigenvalue weighted by atomic mass is 10.0. The van der Waals surface area contributed by atoms with Gasteiger partial charge in [0.05, 0.1) is 16.6 Å². The van der Waals surface area contributed by atoms with Crippen molar-refractivity contribution in [2.45, 2.75) is 26.0 Å². The predicted molar refractivity (Wildman–Crippen MR) is 66.7 cm³/mol. The Labute approximate surface area is 99.2 Å². The number of rotatable bonds is 2. The molecular weight excluding hydrogens is 224 g/mol. The fraction of sp³-hybridized carbons (Fsp3) is 0.333. The van der Waals surface area contributed by atoms with E-state index < -0.39 is 6.10 Å². The summed E-state index contributed by atoms with van der Waals surface area (Å²) in [6, 6.07) is 3.58. The topological polar surface area (TPSA) is 62.0 Å². The van der Waals surface area contributed by atoms with Gasteiger partial charge >= 0.3 is 0 Å². The van der Waals surface area contributed by atoms with Crippen LogP contribution in [0.2, 0.25) is 5.02 Å². The van der Waals surface area contributed by atoms with Crippen molar-refractivity contribution in [1.82, 2.24) is 4.98 Å². The maximum atomic E-state index is 9.98. The number of nitrogens with one attached hydrogen (secondary N) is 1. The number of hydrogen-bond donors (Lipinski definition) is 3. The smallest absolute Gasteiger partial charge is 0.0958 e. The third-order valence-corrected chi connectivity index (χ3v) is 3.03. The minimum absolute atomic E-state index is 0.307. The number of halogens is 1. The van der Waals surface area contributed by atoms with Crippen LogP contribution < -0.4 is 5.73 Å². The van der Waals surface area contributed by atoms with Crippen LogP contribution in [-0.2, 0) is 0 Å². The number of aryl methyl sites for hydroxylation is 1. The minimum atomic E-state index is -0.674. The molecule has 0 saturated carbocycles. The van der Waals surface area contributed by atoms with E-state index in [0.29, 0.717) is 5.02 Å². The van der Waals surface area contributed by atoms with Crippen molar-refractivity contribution in [3.8, 4) is 0 Å². The highest BCUT2D eigenvalue weighted by atomic mass is 35.5. The molecule has 2 rings (SSSR count). The molecule has 86 valence electrons. The summed E-state index contributed by atoms with van der Waals surface area (Å²) in [5.74, 6) is 0. The molecule has 0 saturated heterocycles. The van der Waals surface area contributed by atoms with E-state index in [9.17, 15) is 5.11 Å². The third kappa shape index (κ3) is 1.82. The summed E-state index contributed by atoms with van der Waals surface area (Å²) in [5.41, 5.74) is 8.41. The van der Waals surface area contributed by atoms with Crippen LogP contribution in [0.3, 0.4) is 0 Å². The van der Waals surface area contributed by atoms with E-state index in [1.165, 1.54) is 0 Å². The van der Waals surface area contributed by atoms with Gasteiger partial charge < -0.3 is 15.8 Å². The zero-order valence-electron chi connectivity index (χ0n) is 9.29. The number of hydrogen-bond acceptors (Lipinski definition) is 2. The first-order valence-corrected chi connectivity index (χ1v) is 5.59. The molecule has 1 aromatic heterocycles. The second kappa shape index (κ2) is 4.09.